The van der Waals surface area contributed by atoms with Crippen LogP contribution in [0.25, 0.3) is 0 Å². The zero-order chi connectivity index (χ0) is 36.3. The second-order valence-corrected chi connectivity index (χ2v) is 14.2. The van der Waals surface area contributed by atoms with Gasteiger partial charge in [0.2, 0.25) is 5.91 Å². The van der Waals surface area contributed by atoms with E-state index < -0.39 is 59.9 Å². The van der Waals surface area contributed by atoms with E-state index >= 15 is 0 Å². The third kappa shape index (κ3) is 22.2. The molecule has 1 saturated heterocycles. The molecule has 0 aromatic heterocycles. The normalized spacial score (nSPS) is 23.0. The number of unbranched alkanes of at least 4 members (excludes halogenated alkanes) is 16. The van der Waals surface area contributed by atoms with E-state index in [-0.39, 0.29) is 18.9 Å². The molecule has 0 aromatic carbocycles. The molecule has 1 heterocycles. The number of allylic oxidation sites excluding steroid dienone is 3. The Bertz CT molecular complexity index is 993. The molecule has 1 fully saturated rings. The van der Waals surface area contributed by atoms with Gasteiger partial charge in [-0.3, -0.25) is 9.35 Å². The highest BCUT2D eigenvalue weighted by atomic mass is 32.3. The average Bonchev–Trinajstić information content (AvgIpc) is 3.06. The first-order valence-electron chi connectivity index (χ1n) is 18.7. The summed E-state index contributed by atoms with van der Waals surface area (Å²) < 4.78 is 47.2. The molecule has 7 unspecified atom stereocenters. The molecule has 288 valence electrons. The summed E-state index contributed by atoms with van der Waals surface area (Å²) in [4.78, 5) is 12.9. The van der Waals surface area contributed by atoms with Gasteiger partial charge in [0.25, 0.3) is 0 Å². The van der Waals surface area contributed by atoms with Crippen molar-refractivity contribution >= 4 is 16.3 Å². The molecule has 0 aromatic rings. The molecule has 1 aliphatic rings. The van der Waals surface area contributed by atoms with Crippen LogP contribution in [0.1, 0.15) is 142 Å². The molecule has 1 amide bonds. The summed E-state index contributed by atoms with van der Waals surface area (Å²) in [6.45, 7) is 3.27. The molecule has 1 rings (SSSR count). The van der Waals surface area contributed by atoms with Crippen LogP contribution in [0.5, 0.6) is 0 Å². The van der Waals surface area contributed by atoms with E-state index in [1.54, 1.807) is 6.08 Å². The molecule has 0 bridgehead atoms. The number of amides is 1. The van der Waals surface area contributed by atoms with E-state index in [9.17, 15) is 33.6 Å². The molecular formula is C36H67NO11S. The van der Waals surface area contributed by atoms with Gasteiger partial charge in [-0.15, -0.1) is 0 Å². The van der Waals surface area contributed by atoms with E-state index in [4.69, 9.17) is 14.0 Å². The fraction of sp³-hybridized carbons (Fsp3) is 0.861. The minimum Gasteiger partial charge on any atom is -0.394 e. The fourth-order valence-corrected chi connectivity index (χ4v) is 6.23. The Balaban J connectivity index is 2.68. The Hall–Kier alpha value is -1.42. The molecule has 49 heavy (non-hydrogen) atoms. The molecular weight excluding hydrogens is 654 g/mol. The fourth-order valence-electron chi connectivity index (χ4n) is 5.73. The summed E-state index contributed by atoms with van der Waals surface area (Å²) in [6.07, 6.45) is 19.5. The van der Waals surface area contributed by atoms with Crippen molar-refractivity contribution in [3.63, 3.8) is 0 Å². The van der Waals surface area contributed by atoms with E-state index in [0.717, 1.165) is 51.4 Å². The maximum atomic E-state index is 12.9. The lowest BCUT2D eigenvalue weighted by Gasteiger charge is -2.41. The molecule has 6 N–H and O–H groups in total. The molecule has 1 aliphatic heterocycles. The molecule has 13 heteroatoms. The number of aliphatic hydroxyl groups excluding tert-OH is 4. The van der Waals surface area contributed by atoms with Crippen LogP contribution in [0, 0.1) is 0 Å². The molecule has 0 aliphatic carbocycles. The molecule has 0 radical (unpaired) electrons. The van der Waals surface area contributed by atoms with Crippen LogP contribution in [-0.4, -0.2) is 95.4 Å². The van der Waals surface area contributed by atoms with Gasteiger partial charge in [0, 0.05) is 6.42 Å². The van der Waals surface area contributed by atoms with Gasteiger partial charge in [-0.1, -0.05) is 122 Å². The summed E-state index contributed by atoms with van der Waals surface area (Å²) in [5.74, 6) is -0.281. The number of hydrogen-bond donors (Lipinski definition) is 6. The number of nitrogens with one attached hydrogen (secondary N) is 1. The first-order chi connectivity index (χ1) is 23.5. The van der Waals surface area contributed by atoms with Gasteiger partial charge in [-0.2, -0.15) is 8.42 Å². The van der Waals surface area contributed by atoms with Crippen LogP contribution < -0.4 is 5.32 Å². The second kappa shape index (κ2) is 28.2. The Labute approximate surface area is 295 Å². The number of ether oxygens (including phenoxy) is 2. The van der Waals surface area contributed by atoms with Crippen LogP contribution in [0.15, 0.2) is 24.3 Å². The van der Waals surface area contributed by atoms with Crippen LogP contribution in [-0.2, 0) is 28.9 Å². The zero-order valence-electron chi connectivity index (χ0n) is 30.0. The lowest BCUT2D eigenvalue weighted by Crippen LogP contribution is -2.61. The van der Waals surface area contributed by atoms with Gasteiger partial charge in [0.05, 0.1) is 25.4 Å². The Morgan fingerprint density at radius 3 is 1.90 bits per heavy atom. The highest BCUT2D eigenvalue weighted by Crippen LogP contribution is 2.26. The van der Waals surface area contributed by atoms with Crippen molar-refractivity contribution in [3.8, 4) is 0 Å². The number of carbonyl (C=O) groups is 1. The Morgan fingerprint density at radius 1 is 0.796 bits per heavy atom. The molecule has 12 nitrogen and oxygen atoms in total. The highest BCUT2D eigenvalue weighted by Gasteiger charge is 2.48. The summed E-state index contributed by atoms with van der Waals surface area (Å²) >= 11 is 0. The number of aliphatic hydroxyl groups is 4. The van der Waals surface area contributed by atoms with Crippen LogP contribution >= 0.6 is 0 Å². The van der Waals surface area contributed by atoms with E-state index in [1.165, 1.54) is 64.2 Å². The van der Waals surface area contributed by atoms with Gasteiger partial charge >= 0.3 is 10.4 Å². The number of carbonyl (C=O) groups excluding carboxylic acids is 1. The quantitative estimate of drug-likeness (QED) is 0.0315. The first-order valence-corrected chi connectivity index (χ1v) is 20.1. The largest absolute Gasteiger partial charge is 0.397 e. The zero-order valence-corrected chi connectivity index (χ0v) is 30.8. The van der Waals surface area contributed by atoms with Crippen molar-refractivity contribution < 1.29 is 51.8 Å². The molecule has 0 saturated carbocycles. The summed E-state index contributed by atoms with van der Waals surface area (Å²) in [5.41, 5.74) is 0. The number of rotatable bonds is 30. The SMILES string of the molecule is CCCC/C=C\CCCCCCC(=O)NC(COC1OC(CO)C(O)C(OS(=O)(=O)O)C1O)C(O)/C=C/CCCCCCCCCCCC. The summed E-state index contributed by atoms with van der Waals surface area (Å²) in [6, 6.07) is -0.944. The average molecular weight is 722 g/mol. The topological polar surface area (TPSA) is 192 Å². The number of hydrogen-bond acceptors (Lipinski definition) is 10. The predicted octanol–water partition coefficient (Wildman–Crippen LogP) is 5.43. The Kier molecular flexibility index (Phi) is 26.2. The Morgan fingerprint density at radius 2 is 1.33 bits per heavy atom. The maximum absolute atomic E-state index is 12.9. The standard InChI is InChI=1S/C36H67NO11S/c1-3-5-7-9-11-13-15-16-17-19-21-23-25-30(39)29(37-32(40)26-24-22-20-18-14-12-10-8-6-4-2)28-46-36-34(42)35(48-49(43,44)45)33(41)31(27-38)47-36/h10,12,23,25,29-31,33-36,38-39,41-42H,3-9,11,13-22,24,26-28H2,1-2H3,(H,37,40)(H,43,44,45)/b12-10-,25-23+. The van der Waals surface area contributed by atoms with Gasteiger partial charge in [-0.05, 0) is 38.5 Å². The minimum absolute atomic E-state index is 0.253. The van der Waals surface area contributed by atoms with Crippen LogP contribution in [0.4, 0.5) is 0 Å². The molecule has 0 spiro atoms. The lowest BCUT2D eigenvalue weighted by molar-refractivity contribution is -0.298. The van der Waals surface area contributed by atoms with Crippen molar-refractivity contribution in [2.45, 2.75) is 185 Å². The smallest absolute Gasteiger partial charge is 0.394 e. The minimum atomic E-state index is -5.08. The third-order valence-corrected chi connectivity index (χ3v) is 9.19. The van der Waals surface area contributed by atoms with Crippen LogP contribution in [0.3, 0.4) is 0 Å². The van der Waals surface area contributed by atoms with Gasteiger partial charge < -0.3 is 35.2 Å². The monoisotopic (exact) mass is 721 g/mol. The van der Waals surface area contributed by atoms with E-state index in [0.29, 0.717) is 6.42 Å². The van der Waals surface area contributed by atoms with E-state index in [1.807, 2.05) is 6.08 Å². The van der Waals surface area contributed by atoms with Crippen molar-refractivity contribution in [2.75, 3.05) is 13.2 Å². The van der Waals surface area contributed by atoms with Crippen molar-refractivity contribution in [3.05, 3.63) is 24.3 Å². The highest BCUT2D eigenvalue weighted by molar-refractivity contribution is 7.80. The van der Waals surface area contributed by atoms with Crippen LogP contribution in [0.2, 0.25) is 0 Å². The van der Waals surface area contributed by atoms with Gasteiger partial charge in [0.15, 0.2) is 6.29 Å². The van der Waals surface area contributed by atoms with Crippen molar-refractivity contribution in [1.82, 2.24) is 5.32 Å². The van der Waals surface area contributed by atoms with Gasteiger partial charge in [-0.25, -0.2) is 4.18 Å². The third-order valence-electron chi connectivity index (χ3n) is 8.73. The van der Waals surface area contributed by atoms with Crippen molar-refractivity contribution in [1.29, 1.82) is 0 Å². The van der Waals surface area contributed by atoms with E-state index in [2.05, 4.69) is 35.5 Å². The second-order valence-electron chi connectivity index (χ2n) is 13.2. The summed E-state index contributed by atoms with van der Waals surface area (Å²) in [5, 5.41) is 44.3. The van der Waals surface area contributed by atoms with Gasteiger partial charge in [0.1, 0.15) is 24.4 Å². The first kappa shape index (κ1) is 45.6. The predicted molar refractivity (Wildman–Crippen MR) is 190 cm³/mol. The molecule has 7 atom stereocenters. The lowest BCUT2D eigenvalue weighted by atomic mass is 9.99. The van der Waals surface area contributed by atoms with Crippen molar-refractivity contribution in [2.24, 2.45) is 0 Å². The maximum Gasteiger partial charge on any atom is 0.397 e. The summed E-state index contributed by atoms with van der Waals surface area (Å²) in [7, 11) is -5.08.